The van der Waals surface area contributed by atoms with Crippen LogP contribution in [0.2, 0.25) is 0 Å². The van der Waals surface area contributed by atoms with Crippen molar-refractivity contribution in [3.05, 3.63) is 4.91 Å². The first-order chi connectivity index (χ1) is 4.27. The van der Waals surface area contributed by atoms with Crippen molar-refractivity contribution in [3.8, 4) is 0 Å². The molecule has 3 heteroatoms. The molecular formula is C7H16NO2+. The molecule has 0 heterocycles. The van der Waals surface area contributed by atoms with E-state index in [2.05, 4.69) is 0 Å². The molecule has 0 amide bonds. The standard InChI is InChI=1S/C7H15NO2/c1-6(2,3)10-7(4,5)8-9/h1-5H3/p+1. The number of rotatable bonds is 2. The summed E-state index contributed by atoms with van der Waals surface area (Å²) in [6.07, 6.45) is 0. The van der Waals surface area contributed by atoms with Crippen molar-refractivity contribution in [2.24, 2.45) is 0 Å². The minimum Gasteiger partial charge on any atom is -0.310 e. The van der Waals surface area contributed by atoms with Gasteiger partial charge in [0.25, 0.3) is 0 Å². The highest BCUT2D eigenvalue weighted by atomic mass is 16.5. The van der Waals surface area contributed by atoms with Crippen molar-refractivity contribution >= 4 is 0 Å². The second-order valence-corrected chi connectivity index (χ2v) is 3.83. The lowest BCUT2D eigenvalue weighted by Gasteiger charge is -2.23. The molecule has 0 fully saturated rings. The summed E-state index contributed by atoms with van der Waals surface area (Å²) in [7, 11) is 0. The van der Waals surface area contributed by atoms with E-state index in [1.54, 1.807) is 13.8 Å². The summed E-state index contributed by atoms with van der Waals surface area (Å²) in [5.41, 5.74) is -1.06. The quantitative estimate of drug-likeness (QED) is 0.572. The van der Waals surface area contributed by atoms with Gasteiger partial charge in [-0.1, -0.05) is 0 Å². The van der Waals surface area contributed by atoms with Gasteiger partial charge in [0.05, 0.1) is 5.60 Å². The van der Waals surface area contributed by atoms with E-state index in [1.165, 1.54) is 0 Å². The van der Waals surface area contributed by atoms with E-state index in [4.69, 9.17) is 4.74 Å². The summed E-state index contributed by atoms with van der Waals surface area (Å²) in [6, 6.07) is 0. The van der Waals surface area contributed by atoms with Crippen molar-refractivity contribution in [1.82, 2.24) is 0 Å². The molecule has 60 valence electrons. The maximum absolute atomic E-state index is 10.3. The Morgan fingerprint density at radius 2 is 1.50 bits per heavy atom. The highest BCUT2D eigenvalue weighted by Gasteiger charge is 2.31. The van der Waals surface area contributed by atoms with E-state index in [1.807, 2.05) is 25.9 Å². The monoisotopic (exact) mass is 146 g/mol. The summed E-state index contributed by atoms with van der Waals surface area (Å²) >= 11 is 0. The molecule has 0 aliphatic carbocycles. The first-order valence-electron chi connectivity index (χ1n) is 3.36. The average molecular weight is 146 g/mol. The van der Waals surface area contributed by atoms with Gasteiger partial charge in [0.15, 0.2) is 0 Å². The number of nitroso groups, excluding NO2 is 1. The molecule has 0 aromatic carbocycles. The largest absolute Gasteiger partial charge is 0.310 e. The lowest BCUT2D eigenvalue weighted by atomic mass is 10.1. The van der Waals surface area contributed by atoms with Crippen LogP contribution in [0.1, 0.15) is 34.6 Å². The molecule has 1 N–H and O–H groups in total. The van der Waals surface area contributed by atoms with Gasteiger partial charge in [-0.25, -0.2) is 0 Å². The molecule has 0 saturated carbocycles. The Kier molecular flexibility index (Phi) is 2.54. The minimum absolute atomic E-state index is 0.277. The Morgan fingerprint density at radius 3 is 1.60 bits per heavy atom. The van der Waals surface area contributed by atoms with Crippen molar-refractivity contribution in [2.45, 2.75) is 45.9 Å². The molecule has 0 unspecified atom stereocenters. The van der Waals surface area contributed by atoms with Crippen LogP contribution in [0.3, 0.4) is 0 Å². The maximum Gasteiger partial charge on any atom is 0.306 e. The van der Waals surface area contributed by atoms with Crippen LogP contribution in [0.25, 0.3) is 0 Å². The average Bonchev–Trinajstić information content (AvgIpc) is 1.60. The smallest absolute Gasteiger partial charge is 0.306 e. The minimum atomic E-state index is -0.780. The van der Waals surface area contributed by atoms with Crippen LogP contribution in [0.15, 0.2) is 0 Å². The van der Waals surface area contributed by atoms with Gasteiger partial charge in [0.2, 0.25) is 0 Å². The fraction of sp³-hybridized carbons (Fsp3) is 1.00. The van der Waals surface area contributed by atoms with E-state index < -0.39 is 5.72 Å². The summed E-state index contributed by atoms with van der Waals surface area (Å²) in [4.78, 5) is 10.3. The van der Waals surface area contributed by atoms with Crippen molar-refractivity contribution < 1.29 is 9.91 Å². The Morgan fingerprint density at radius 1 is 1.10 bits per heavy atom. The molecule has 10 heavy (non-hydrogen) atoms. The third-order valence-corrected chi connectivity index (χ3v) is 0.807. The van der Waals surface area contributed by atoms with Crippen LogP contribution >= 0.6 is 0 Å². The Balaban J connectivity index is 4.01. The van der Waals surface area contributed by atoms with Gasteiger partial charge in [-0.3, -0.25) is 0 Å². The second kappa shape index (κ2) is 2.66. The molecule has 0 aliphatic heterocycles. The molecule has 0 atom stereocenters. The number of ether oxygens (including phenoxy) is 1. The topological polar surface area (TPSA) is 40.3 Å². The summed E-state index contributed by atoms with van der Waals surface area (Å²) in [5, 5.41) is 1.83. The summed E-state index contributed by atoms with van der Waals surface area (Å²) in [6.45, 7) is 9.13. The van der Waals surface area contributed by atoms with Crippen LogP contribution in [0, 0.1) is 4.91 Å². The third kappa shape index (κ3) is 4.44. The second-order valence-electron chi connectivity index (χ2n) is 3.83. The summed E-state index contributed by atoms with van der Waals surface area (Å²) in [5.74, 6) is 0. The lowest BCUT2D eigenvalue weighted by molar-refractivity contribution is -0.634. The molecule has 0 spiro atoms. The Bertz CT molecular complexity index is 124. The molecule has 3 nitrogen and oxygen atoms in total. The predicted octanol–water partition coefficient (Wildman–Crippen LogP) is 0.385. The highest BCUT2D eigenvalue weighted by Crippen LogP contribution is 2.13. The van der Waals surface area contributed by atoms with Crippen molar-refractivity contribution in [3.63, 3.8) is 0 Å². The molecule has 0 rings (SSSR count). The van der Waals surface area contributed by atoms with E-state index in [-0.39, 0.29) is 5.60 Å². The molecule has 0 bridgehead atoms. The van der Waals surface area contributed by atoms with Crippen molar-refractivity contribution in [1.29, 1.82) is 0 Å². The van der Waals surface area contributed by atoms with E-state index >= 15 is 0 Å². The van der Waals surface area contributed by atoms with Crippen LogP contribution in [-0.2, 0) is 4.74 Å². The van der Waals surface area contributed by atoms with Gasteiger partial charge >= 0.3 is 5.72 Å². The highest BCUT2D eigenvalue weighted by molar-refractivity contribution is 4.62. The lowest BCUT2D eigenvalue weighted by Crippen LogP contribution is -2.81. The zero-order valence-corrected chi connectivity index (χ0v) is 7.32. The van der Waals surface area contributed by atoms with Gasteiger partial charge in [-0.15, -0.1) is 0 Å². The van der Waals surface area contributed by atoms with E-state index in [0.29, 0.717) is 0 Å². The molecule has 0 aliphatic rings. The third-order valence-electron chi connectivity index (χ3n) is 0.807. The van der Waals surface area contributed by atoms with E-state index in [0.717, 1.165) is 0 Å². The zero-order valence-electron chi connectivity index (χ0n) is 7.32. The SMILES string of the molecule is CC(C)(C)OC(C)(C)[NH+]=O. The fourth-order valence-electron chi connectivity index (χ4n) is 0.786. The van der Waals surface area contributed by atoms with Crippen molar-refractivity contribution in [2.75, 3.05) is 0 Å². The first-order valence-corrected chi connectivity index (χ1v) is 3.36. The van der Waals surface area contributed by atoms with Gasteiger partial charge in [-0.2, -0.15) is 0 Å². The Labute approximate surface area is 61.7 Å². The van der Waals surface area contributed by atoms with Gasteiger partial charge in [0.1, 0.15) is 0 Å². The fourth-order valence-corrected chi connectivity index (χ4v) is 0.786. The predicted molar refractivity (Wildman–Crippen MR) is 39.2 cm³/mol. The summed E-state index contributed by atoms with van der Waals surface area (Å²) < 4.78 is 5.35. The van der Waals surface area contributed by atoms with E-state index in [9.17, 15) is 4.91 Å². The maximum atomic E-state index is 10.3. The normalized spacial score (nSPS) is 13.3. The molecule has 0 aromatic rings. The van der Waals surface area contributed by atoms with Gasteiger partial charge < -0.3 is 4.74 Å². The van der Waals surface area contributed by atoms with Crippen LogP contribution in [-0.4, -0.2) is 11.3 Å². The van der Waals surface area contributed by atoms with Crippen LogP contribution in [0.5, 0.6) is 0 Å². The van der Waals surface area contributed by atoms with Crippen LogP contribution in [0.4, 0.5) is 0 Å². The molecule has 0 aromatic heterocycles. The van der Waals surface area contributed by atoms with Gasteiger partial charge in [-0.05, 0) is 20.8 Å². The van der Waals surface area contributed by atoms with Gasteiger partial charge in [0, 0.05) is 23.9 Å². The molecule has 0 radical (unpaired) electrons. The number of hydrogen-bond donors (Lipinski definition) is 1. The Hall–Kier alpha value is -0.440. The molecule has 0 saturated heterocycles. The number of hydrogen-bond acceptors (Lipinski definition) is 2. The zero-order chi connectivity index (χ0) is 8.41. The number of nitrogens with one attached hydrogen (secondary N) is 1. The van der Waals surface area contributed by atoms with Crippen LogP contribution < -0.4 is 5.18 Å². The molecular weight excluding hydrogens is 130 g/mol. The first kappa shape index (κ1) is 9.56.